The zero-order valence-corrected chi connectivity index (χ0v) is 17.5. The molecule has 6 heteroatoms. The number of carbonyl (C=O) groups excluding carboxylic acids is 2. The lowest BCUT2D eigenvalue weighted by Gasteiger charge is -2.33. The van der Waals surface area contributed by atoms with E-state index in [-0.39, 0.29) is 23.7 Å². The highest BCUT2D eigenvalue weighted by Crippen LogP contribution is 2.23. The summed E-state index contributed by atoms with van der Waals surface area (Å²) in [4.78, 5) is 27.2. The lowest BCUT2D eigenvalue weighted by molar-refractivity contribution is 0.0635. The van der Waals surface area contributed by atoms with Gasteiger partial charge in [-0.25, -0.2) is 4.39 Å². The Kier molecular flexibility index (Phi) is 6.14. The first-order valence-corrected chi connectivity index (χ1v) is 10.1. The van der Waals surface area contributed by atoms with Crippen LogP contribution in [0.2, 0.25) is 0 Å². The van der Waals surface area contributed by atoms with Crippen LogP contribution >= 0.6 is 22.6 Å². The van der Waals surface area contributed by atoms with Crippen molar-refractivity contribution in [2.75, 3.05) is 11.9 Å². The number of halogens is 2. The Balaban J connectivity index is 1.76. The molecule has 0 aromatic heterocycles. The largest absolute Gasteiger partial charge is 0.336 e. The molecule has 1 heterocycles. The van der Waals surface area contributed by atoms with Gasteiger partial charge < -0.3 is 10.2 Å². The zero-order chi connectivity index (χ0) is 19.6. The number of likely N-dealkylation sites (tertiary alicyclic amines) is 1. The van der Waals surface area contributed by atoms with Crippen LogP contribution in [0.3, 0.4) is 0 Å². The highest BCUT2D eigenvalue weighted by Gasteiger charge is 2.24. The molecule has 0 spiro atoms. The quantitative estimate of drug-likeness (QED) is 0.629. The van der Waals surface area contributed by atoms with Crippen molar-refractivity contribution in [1.29, 1.82) is 0 Å². The van der Waals surface area contributed by atoms with Gasteiger partial charge >= 0.3 is 0 Å². The van der Waals surface area contributed by atoms with E-state index in [0.29, 0.717) is 20.4 Å². The van der Waals surface area contributed by atoms with Gasteiger partial charge in [0.1, 0.15) is 5.82 Å². The van der Waals surface area contributed by atoms with Gasteiger partial charge in [-0.05, 0) is 97.7 Å². The van der Waals surface area contributed by atoms with Crippen LogP contribution in [0.25, 0.3) is 0 Å². The SMILES string of the molecule is Cc1cc(C(=O)N2CCCCC2C)ccc1NC(=O)c1ccc(F)cc1I. The summed E-state index contributed by atoms with van der Waals surface area (Å²) in [7, 11) is 0. The molecule has 0 bridgehead atoms. The number of hydrogen-bond donors (Lipinski definition) is 1. The molecule has 142 valence electrons. The summed E-state index contributed by atoms with van der Waals surface area (Å²) in [5, 5.41) is 2.85. The number of piperidine rings is 1. The average molecular weight is 480 g/mol. The second-order valence-electron chi connectivity index (χ2n) is 6.95. The summed E-state index contributed by atoms with van der Waals surface area (Å²) in [6, 6.07) is 9.64. The number of carbonyl (C=O) groups is 2. The molecule has 27 heavy (non-hydrogen) atoms. The standard InChI is InChI=1S/C21H22FIN2O2/c1-13-11-15(21(27)25-10-4-3-5-14(25)2)6-9-19(13)24-20(26)17-8-7-16(22)12-18(17)23/h6-9,11-12,14H,3-5,10H2,1-2H3,(H,24,26). The molecular formula is C21H22FIN2O2. The minimum Gasteiger partial charge on any atom is -0.336 e. The Morgan fingerprint density at radius 2 is 1.96 bits per heavy atom. The molecule has 0 aliphatic carbocycles. The first-order chi connectivity index (χ1) is 12.9. The minimum absolute atomic E-state index is 0.0382. The zero-order valence-electron chi connectivity index (χ0n) is 15.4. The van der Waals surface area contributed by atoms with Crippen LogP contribution in [-0.4, -0.2) is 29.3 Å². The van der Waals surface area contributed by atoms with Crippen molar-refractivity contribution in [3.8, 4) is 0 Å². The summed E-state index contributed by atoms with van der Waals surface area (Å²) in [5.41, 5.74) is 2.51. The fourth-order valence-corrected chi connectivity index (χ4v) is 4.09. The van der Waals surface area contributed by atoms with Crippen LogP contribution in [-0.2, 0) is 0 Å². The lowest BCUT2D eigenvalue weighted by atomic mass is 10.0. The first kappa shape index (κ1) is 19.8. The second kappa shape index (κ2) is 8.37. The molecule has 1 N–H and O–H groups in total. The summed E-state index contributed by atoms with van der Waals surface area (Å²) < 4.78 is 13.8. The molecule has 4 nitrogen and oxygen atoms in total. The van der Waals surface area contributed by atoms with E-state index in [1.54, 1.807) is 12.1 Å². The molecule has 0 radical (unpaired) electrons. The third-order valence-electron chi connectivity index (χ3n) is 4.96. The smallest absolute Gasteiger partial charge is 0.256 e. The third-order valence-corrected chi connectivity index (χ3v) is 5.85. The number of hydrogen-bond acceptors (Lipinski definition) is 2. The van der Waals surface area contributed by atoms with Gasteiger partial charge in [-0.15, -0.1) is 0 Å². The van der Waals surface area contributed by atoms with E-state index < -0.39 is 0 Å². The van der Waals surface area contributed by atoms with Gasteiger partial charge in [0, 0.05) is 27.4 Å². The predicted molar refractivity (Wildman–Crippen MR) is 113 cm³/mol. The first-order valence-electron chi connectivity index (χ1n) is 9.05. The van der Waals surface area contributed by atoms with Crippen molar-refractivity contribution in [3.05, 3.63) is 62.5 Å². The summed E-state index contributed by atoms with van der Waals surface area (Å²) in [6.45, 7) is 4.74. The van der Waals surface area contributed by atoms with Crippen molar-refractivity contribution >= 4 is 40.1 Å². The van der Waals surface area contributed by atoms with Gasteiger partial charge in [0.2, 0.25) is 0 Å². The molecule has 1 atom stereocenters. The van der Waals surface area contributed by atoms with E-state index in [1.165, 1.54) is 18.2 Å². The van der Waals surface area contributed by atoms with Crippen LogP contribution in [0, 0.1) is 16.3 Å². The maximum absolute atomic E-state index is 13.2. The molecule has 0 saturated carbocycles. The van der Waals surface area contributed by atoms with Gasteiger partial charge in [0.15, 0.2) is 0 Å². The van der Waals surface area contributed by atoms with Crippen molar-refractivity contribution < 1.29 is 14.0 Å². The Bertz CT molecular complexity index is 884. The Morgan fingerprint density at radius 1 is 1.19 bits per heavy atom. The van der Waals surface area contributed by atoms with Crippen LogP contribution < -0.4 is 5.32 Å². The van der Waals surface area contributed by atoms with Crippen molar-refractivity contribution in [2.45, 2.75) is 39.2 Å². The molecule has 3 rings (SSSR count). The maximum atomic E-state index is 13.2. The molecule has 1 unspecified atom stereocenters. The van der Waals surface area contributed by atoms with E-state index in [2.05, 4.69) is 12.2 Å². The third kappa shape index (κ3) is 4.48. The Morgan fingerprint density at radius 3 is 2.63 bits per heavy atom. The Hall–Kier alpha value is -1.96. The number of nitrogens with one attached hydrogen (secondary N) is 1. The van der Waals surface area contributed by atoms with Gasteiger partial charge in [-0.1, -0.05) is 0 Å². The topological polar surface area (TPSA) is 49.4 Å². The summed E-state index contributed by atoms with van der Waals surface area (Å²) >= 11 is 1.94. The van der Waals surface area contributed by atoms with Crippen molar-refractivity contribution in [1.82, 2.24) is 4.90 Å². The predicted octanol–water partition coefficient (Wildman–Crippen LogP) is 5.01. The van der Waals surface area contributed by atoms with E-state index in [4.69, 9.17) is 0 Å². The molecule has 2 aromatic carbocycles. The van der Waals surface area contributed by atoms with Crippen LogP contribution in [0.5, 0.6) is 0 Å². The highest BCUT2D eigenvalue weighted by molar-refractivity contribution is 14.1. The summed E-state index contributed by atoms with van der Waals surface area (Å²) in [5.74, 6) is -0.635. The van der Waals surface area contributed by atoms with Gasteiger partial charge in [0.05, 0.1) is 5.56 Å². The van der Waals surface area contributed by atoms with Crippen LogP contribution in [0.15, 0.2) is 36.4 Å². The summed E-state index contributed by atoms with van der Waals surface area (Å²) in [6.07, 6.45) is 3.24. The molecule has 2 amide bonds. The number of rotatable bonds is 3. The monoisotopic (exact) mass is 480 g/mol. The molecule has 1 saturated heterocycles. The van der Waals surface area contributed by atoms with Gasteiger partial charge in [-0.3, -0.25) is 9.59 Å². The molecule has 1 aliphatic heterocycles. The number of amides is 2. The van der Waals surface area contributed by atoms with Crippen LogP contribution in [0.4, 0.5) is 10.1 Å². The van der Waals surface area contributed by atoms with Gasteiger partial charge in [0.25, 0.3) is 11.8 Å². The number of anilines is 1. The molecule has 2 aromatic rings. The fraction of sp³-hybridized carbons (Fsp3) is 0.333. The minimum atomic E-state index is -0.373. The van der Waals surface area contributed by atoms with Crippen molar-refractivity contribution in [3.63, 3.8) is 0 Å². The molecule has 1 aliphatic rings. The Labute approximate surface area is 172 Å². The van der Waals surface area contributed by atoms with E-state index in [1.807, 2.05) is 40.5 Å². The normalized spacial score (nSPS) is 16.9. The second-order valence-corrected chi connectivity index (χ2v) is 8.11. The van der Waals surface area contributed by atoms with Crippen LogP contribution in [0.1, 0.15) is 52.5 Å². The highest BCUT2D eigenvalue weighted by atomic mass is 127. The molecule has 1 fully saturated rings. The van der Waals surface area contributed by atoms with E-state index in [0.717, 1.165) is 31.4 Å². The number of benzene rings is 2. The van der Waals surface area contributed by atoms with E-state index in [9.17, 15) is 14.0 Å². The maximum Gasteiger partial charge on any atom is 0.256 e. The van der Waals surface area contributed by atoms with Crippen molar-refractivity contribution in [2.24, 2.45) is 0 Å². The van der Waals surface area contributed by atoms with Gasteiger partial charge in [-0.2, -0.15) is 0 Å². The fourth-order valence-electron chi connectivity index (χ4n) is 3.37. The van der Waals surface area contributed by atoms with E-state index >= 15 is 0 Å². The number of nitrogens with zero attached hydrogens (tertiary/aromatic N) is 1. The lowest BCUT2D eigenvalue weighted by Crippen LogP contribution is -2.42. The molecular weight excluding hydrogens is 458 g/mol. The average Bonchev–Trinajstić information content (AvgIpc) is 2.63. The number of aryl methyl sites for hydroxylation is 1.